The van der Waals surface area contributed by atoms with Gasteiger partial charge in [-0.1, -0.05) is 46.5 Å². The summed E-state index contributed by atoms with van der Waals surface area (Å²) >= 11 is 0. The Morgan fingerprint density at radius 3 is 2.38 bits per heavy atom. The monoisotopic (exact) mass is 225 g/mol. The quantitative estimate of drug-likeness (QED) is 0.583. The highest BCUT2D eigenvalue weighted by Crippen LogP contribution is 2.23. The van der Waals surface area contributed by atoms with Crippen molar-refractivity contribution in [1.82, 2.24) is 4.90 Å². The molecule has 1 saturated heterocycles. The minimum absolute atomic E-state index is 0.891. The van der Waals surface area contributed by atoms with E-state index in [1.165, 1.54) is 64.6 Å². The third-order valence-corrected chi connectivity index (χ3v) is 3.94. The lowest BCUT2D eigenvalue weighted by atomic mass is 9.89. The van der Waals surface area contributed by atoms with Crippen LogP contribution < -0.4 is 0 Å². The molecule has 0 aromatic carbocycles. The predicted molar refractivity (Wildman–Crippen MR) is 72.8 cm³/mol. The lowest BCUT2D eigenvalue weighted by molar-refractivity contribution is 0.172. The van der Waals surface area contributed by atoms with Gasteiger partial charge in [-0.3, -0.25) is 0 Å². The summed E-state index contributed by atoms with van der Waals surface area (Å²) in [7, 11) is 0. The van der Waals surface area contributed by atoms with Gasteiger partial charge in [-0.15, -0.1) is 0 Å². The van der Waals surface area contributed by atoms with Gasteiger partial charge in [-0.2, -0.15) is 0 Å². The van der Waals surface area contributed by atoms with Crippen LogP contribution in [0.3, 0.4) is 0 Å². The Morgan fingerprint density at radius 1 is 1.12 bits per heavy atom. The Labute approximate surface area is 103 Å². The van der Waals surface area contributed by atoms with E-state index >= 15 is 0 Å². The Balaban J connectivity index is 2.04. The SMILES string of the molecule is CCCCCN1CCC(CCC(C)C)CC1. The van der Waals surface area contributed by atoms with E-state index in [1.54, 1.807) is 0 Å². The lowest BCUT2D eigenvalue weighted by Crippen LogP contribution is -2.34. The van der Waals surface area contributed by atoms with Crippen LogP contribution in [0.15, 0.2) is 0 Å². The average molecular weight is 225 g/mol. The molecule has 1 fully saturated rings. The maximum atomic E-state index is 2.68. The van der Waals surface area contributed by atoms with Crippen LogP contribution in [-0.4, -0.2) is 24.5 Å². The average Bonchev–Trinajstić information content (AvgIpc) is 2.28. The van der Waals surface area contributed by atoms with E-state index in [2.05, 4.69) is 25.7 Å². The summed E-state index contributed by atoms with van der Waals surface area (Å²) in [6.45, 7) is 11.1. The Hall–Kier alpha value is -0.0400. The summed E-state index contributed by atoms with van der Waals surface area (Å²) in [5.74, 6) is 1.92. The van der Waals surface area contributed by atoms with Crippen LogP contribution in [0.1, 0.15) is 65.7 Å². The molecule has 0 amide bonds. The van der Waals surface area contributed by atoms with Crippen molar-refractivity contribution in [2.45, 2.75) is 65.7 Å². The molecule has 96 valence electrons. The number of likely N-dealkylation sites (tertiary alicyclic amines) is 1. The van der Waals surface area contributed by atoms with Crippen LogP contribution in [0.5, 0.6) is 0 Å². The normalized spacial score (nSPS) is 19.5. The number of nitrogens with zero attached hydrogens (tertiary/aromatic N) is 1. The van der Waals surface area contributed by atoms with Crippen molar-refractivity contribution >= 4 is 0 Å². The number of piperidine rings is 1. The maximum absolute atomic E-state index is 2.68. The summed E-state index contributed by atoms with van der Waals surface area (Å²) in [4.78, 5) is 2.68. The molecule has 1 heteroatoms. The third-order valence-electron chi connectivity index (χ3n) is 3.94. The van der Waals surface area contributed by atoms with Gasteiger partial charge < -0.3 is 4.90 Å². The summed E-state index contributed by atoms with van der Waals surface area (Å²) < 4.78 is 0. The first-order chi connectivity index (χ1) is 7.72. The molecule has 0 bridgehead atoms. The van der Waals surface area contributed by atoms with Gasteiger partial charge in [0.05, 0.1) is 0 Å². The molecule has 1 nitrogen and oxygen atoms in total. The first kappa shape index (κ1) is 14.0. The minimum Gasteiger partial charge on any atom is -0.303 e. The van der Waals surface area contributed by atoms with Crippen LogP contribution in [0, 0.1) is 11.8 Å². The van der Waals surface area contributed by atoms with Gasteiger partial charge in [-0.25, -0.2) is 0 Å². The molecule has 0 aromatic heterocycles. The van der Waals surface area contributed by atoms with Crippen LogP contribution in [-0.2, 0) is 0 Å². The fraction of sp³-hybridized carbons (Fsp3) is 1.00. The second-order valence-corrected chi connectivity index (χ2v) is 5.96. The van der Waals surface area contributed by atoms with Gasteiger partial charge in [0, 0.05) is 0 Å². The molecular formula is C15H31N. The first-order valence-corrected chi connectivity index (χ1v) is 7.44. The molecule has 0 aliphatic carbocycles. The van der Waals surface area contributed by atoms with E-state index < -0.39 is 0 Å². The molecule has 1 rings (SSSR count). The standard InChI is InChI=1S/C15H31N/c1-4-5-6-11-16-12-9-15(10-13-16)8-7-14(2)3/h14-15H,4-13H2,1-3H3. The molecule has 1 aliphatic heterocycles. The first-order valence-electron chi connectivity index (χ1n) is 7.44. The summed E-state index contributed by atoms with van der Waals surface area (Å²) in [6, 6.07) is 0. The van der Waals surface area contributed by atoms with Crippen LogP contribution in [0.2, 0.25) is 0 Å². The smallest absolute Gasteiger partial charge is 0.00161 e. The third kappa shape index (κ3) is 5.89. The van der Waals surface area contributed by atoms with E-state index in [-0.39, 0.29) is 0 Å². The van der Waals surface area contributed by atoms with Gasteiger partial charge in [0.2, 0.25) is 0 Å². The zero-order chi connectivity index (χ0) is 11.8. The second kappa shape index (κ2) is 8.11. The highest BCUT2D eigenvalue weighted by atomic mass is 15.1. The summed E-state index contributed by atoms with van der Waals surface area (Å²) in [6.07, 6.45) is 9.99. The van der Waals surface area contributed by atoms with Crippen molar-refractivity contribution in [2.75, 3.05) is 19.6 Å². The second-order valence-electron chi connectivity index (χ2n) is 5.96. The highest BCUT2D eigenvalue weighted by Gasteiger charge is 2.18. The van der Waals surface area contributed by atoms with Gasteiger partial charge in [0.25, 0.3) is 0 Å². The Morgan fingerprint density at radius 2 is 1.81 bits per heavy atom. The minimum atomic E-state index is 0.891. The van der Waals surface area contributed by atoms with E-state index in [4.69, 9.17) is 0 Å². The Bertz CT molecular complexity index is 157. The van der Waals surface area contributed by atoms with Crippen molar-refractivity contribution < 1.29 is 0 Å². The topological polar surface area (TPSA) is 3.24 Å². The number of rotatable bonds is 7. The van der Waals surface area contributed by atoms with Crippen molar-refractivity contribution in [3.05, 3.63) is 0 Å². The van der Waals surface area contributed by atoms with E-state index in [0.717, 1.165) is 11.8 Å². The fourth-order valence-electron chi connectivity index (χ4n) is 2.65. The molecule has 16 heavy (non-hydrogen) atoms. The number of hydrogen-bond acceptors (Lipinski definition) is 1. The molecule has 0 saturated carbocycles. The fourth-order valence-corrected chi connectivity index (χ4v) is 2.65. The molecule has 0 spiro atoms. The summed E-state index contributed by atoms with van der Waals surface area (Å²) in [5.41, 5.74) is 0. The van der Waals surface area contributed by atoms with Crippen molar-refractivity contribution in [3.63, 3.8) is 0 Å². The maximum Gasteiger partial charge on any atom is -0.00161 e. The molecule has 0 atom stereocenters. The highest BCUT2D eigenvalue weighted by molar-refractivity contribution is 4.72. The van der Waals surface area contributed by atoms with Crippen LogP contribution >= 0.6 is 0 Å². The van der Waals surface area contributed by atoms with E-state index in [9.17, 15) is 0 Å². The van der Waals surface area contributed by atoms with Crippen LogP contribution in [0.4, 0.5) is 0 Å². The lowest BCUT2D eigenvalue weighted by Gasteiger charge is -2.32. The van der Waals surface area contributed by atoms with Gasteiger partial charge in [-0.05, 0) is 50.7 Å². The molecule has 1 heterocycles. The summed E-state index contributed by atoms with van der Waals surface area (Å²) in [5, 5.41) is 0. The van der Waals surface area contributed by atoms with Crippen LogP contribution in [0.25, 0.3) is 0 Å². The molecule has 0 aromatic rings. The Kier molecular flexibility index (Phi) is 7.11. The molecular weight excluding hydrogens is 194 g/mol. The number of unbranched alkanes of at least 4 members (excludes halogenated alkanes) is 2. The molecule has 0 radical (unpaired) electrons. The molecule has 1 aliphatic rings. The predicted octanol–water partition coefficient (Wildman–Crippen LogP) is 4.32. The van der Waals surface area contributed by atoms with Crippen molar-refractivity contribution in [2.24, 2.45) is 11.8 Å². The zero-order valence-corrected chi connectivity index (χ0v) is 11.7. The number of hydrogen-bond donors (Lipinski definition) is 0. The van der Waals surface area contributed by atoms with Gasteiger partial charge in [0.1, 0.15) is 0 Å². The molecule has 0 N–H and O–H groups in total. The van der Waals surface area contributed by atoms with E-state index in [0.29, 0.717) is 0 Å². The zero-order valence-electron chi connectivity index (χ0n) is 11.7. The van der Waals surface area contributed by atoms with E-state index in [1.807, 2.05) is 0 Å². The largest absolute Gasteiger partial charge is 0.303 e. The van der Waals surface area contributed by atoms with Crippen molar-refractivity contribution in [3.8, 4) is 0 Å². The molecule has 0 unspecified atom stereocenters. The van der Waals surface area contributed by atoms with Crippen molar-refractivity contribution in [1.29, 1.82) is 0 Å². The van der Waals surface area contributed by atoms with Gasteiger partial charge in [0.15, 0.2) is 0 Å². The van der Waals surface area contributed by atoms with Gasteiger partial charge >= 0.3 is 0 Å².